The van der Waals surface area contributed by atoms with E-state index < -0.39 is 40.4 Å². The fraction of sp³-hybridized carbons (Fsp3) is 0.353. The Balaban J connectivity index is 1.85. The molecule has 11 heteroatoms. The molecule has 0 bridgehead atoms. The van der Waals surface area contributed by atoms with Crippen molar-refractivity contribution in [3.05, 3.63) is 47.1 Å². The quantitative estimate of drug-likeness (QED) is 0.617. The van der Waals surface area contributed by atoms with Crippen LogP contribution in [0.2, 0.25) is 0 Å². The number of nitrogens with zero attached hydrogens (tertiary/aromatic N) is 1. The van der Waals surface area contributed by atoms with Gasteiger partial charge >= 0.3 is 5.97 Å². The lowest BCUT2D eigenvalue weighted by atomic mass is 10.2. The first-order chi connectivity index (χ1) is 13.1. The topological polar surface area (TPSA) is 128 Å². The number of aryl methyl sites for hydroxylation is 2. The van der Waals surface area contributed by atoms with E-state index in [0.29, 0.717) is 0 Å². The van der Waals surface area contributed by atoms with Gasteiger partial charge in [-0.2, -0.15) is 4.72 Å². The van der Waals surface area contributed by atoms with Crippen molar-refractivity contribution in [3.8, 4) is 0 Å². The molecule has 0 radical (unpaired) electrons. The molecule has 1 aromatic carbocycles. The maximum Gasteiger partial charge on any atom is 0.324 e. The Kier molecular flexibility index (Phi) is 6.86. The predicted molar refractivity (Wildman–Crippen MR) is 95.0 cm³/mol. The summed E-state index contributed by atoms with van der Waals surface area (Å²) < 4.78 is 49.9. The highest BCUT2D eigenvalue weighted by Crippen LogP contribution is 2.18. The number of ether oxygens (including phenoxy) is 1. The Hall–Kier alpha value is -2.79. The van der Waals surface area contributed by atoms with E-state index in [2.05, 4.69) is 15.2 Å². The highest BCUT2D eigenvalue weighted by Gasteiger charge is 2.29. The Morgan fingerprint density at radius 1 is 1.29 bits per heavy atom. The van der Waals surface area contributed by atoms with Gasteiger partial charge in [0.1, 0.15) is 22.4 Å². The van der Waals surface area contributed by atoms with Crippen LogP contribution in [-0.2, 0) is 30.9 Å². The van der Waals surface area contributed by atoms with Crippen molar-refractivity contribution in [3.63, 3.8) is 0 Å². The van der Waals surface area contributed by atoms with Gasteiger partial charge in [0, 0.05) is 12.1 Å². The van der Waals surface area contributed by atoms with E-state index in [0.717, 1.165) is 0 Å². The molecular formula is C17H20FN3O6S. The summed E-state index contributed by atoms with van der Waals surface area (Å²) in [5.74, 6) is -1.99. The Morgan fingerprint density at radius 3 is 2.57 bits per heavy atom. The fourth-order valence-corrected chi connectivity index (χ4v) is 3.87. The molecule has 0 aliphatic carbocycles. The molecule has 9 nitrogen and oxygen atoms in total. The van der Waals surface area contributed by atoms with Gasteiger partial charge in [-0.15, -0.1) is 0 Å². The molecule has 0 spiro atoms. The lowest BCUT2D eigenvalue weighted by Gasteiger charge is -2.13. The van der Waals surface area contributed by atoms with Crippen molar-refractivity contribution in [2.75, 3.05) is 6.61 Å². The van der Waals surface area contributed by atoms with E-state index >= 15 is 0 Å². The summed E-state index contributed by atoms with van der Waals surface area (Å²) in [4.78, 5) is 23.6. The molecule has 0 unspecified atom stereocenters. The van der Waals surface area contributed by atoms with Gasteiger partial charge < -0.3 is 14.6 Å². The highest BCUT2D eigenvalue weighted by molar-refractivity contribution is 7.89. The van der Waals surface area contributed by atoms with Crippen LogP contribution in [0.1, 0.15) is 23.9 Å². The zero-order valence-electron chi connectivity index (χ0n) is 15.5. The third kappa shape index (κ3) is 5.36. The Morgan fingerprint density at radius 2 is 1.96 bits per heavy atom. The van der Waals surface area contributed by atoms with Crippen LogP contribution in [0.15, 0.2) is 33.7 Å². The molecule has 1 atom stereocenters. The van der Waals surface area contributed by atoms with E-state index in [1.165, 1.54) is 39.0 Å². The zero-order chi connectivity index (χ0) is 20.9. The van der Waals surface area contributed by atoms with Crippen molar-refractivity contribution in [2.45, 2.75) is 38.3 Å². The first-order valence-corrected chi connectivity index (χ1v) is 9.72. The van der Waals surface area contributed by atoms with E-state index in [9.17, 15) is 22.4 Å². The van der Waals surface area contributed by atoms with E-state index in [-0.39, 0.29) is 28.5 Å². The number of rotatable bonds is 8. The summed E-state index contributed by atoms with van der Waals surface area (Å²) in [6, 6.07) is 4.66. The van der Waals surface area contributed by atoms with Crippen molar-refractivity contribution in [1.82, 2.24) is 15.2 Å². The van der Waals surface area contributed by atoms with Gasteiger partial charge in [-0.1, -0.05) is 23.4 Å². The number of carbonyl (C=O) groups excluding carboxylic acids is 2. The summed E-state index contributed by atoms with van der Waals surface area (Å²) in [6.45, 7) is 3.45. The third-order valence-corrected chi connectivity index (χ3v) is 5.49. The van der Waals surface area contributed by atoms with Gasteiger partial charge in [0.05, 0.1) is 0 Å². The number of carbonyl (C=O) groups is 2. The van der Waals surface area contributed by atoms with E-state index in [1.807, 2.05) is 0 Å². The highest BCUT2D eigenvalue weighted by atomic mass is 32.2. The van der Waals surface area contributed by atoms with E-state index in [4.69, 9.17) is 9.26 Å². The zero-order valence-corrected chi connectivity index (χ0v) is 16.3. The lowest BCUT2D eigenvalue weighted by Crippen LogP contribution is -2.41. The molecule has 0 aliphatic rings. The van der Waals surface area contributed by atoms with Crippen LogP contribution in [0.4, 0.5) is 4.39 Å². The number of esters is 1. The van der Waals surface area contributed by atoms with Gasteiger partial charge in [-0.25, -0.2) is 12.8 Å². The molecule has 2 rings (SSSR count). The minimum Gasteiger partial charge on any atom is -0.454 e. The Bertz CT molecular complexity index is 954. The largest absolute Gasteiger partial charge is 0.454 e. The number of aromatic nitrogens is 1. The van der Waals surface area contributed by atoms with Crippen molar-refractivity contribution >= 4 is 21.9 Å². The summed E-state index contributed by atoms with van der Waals surface area (Å²) in [5, 5.41) is 5.96. The summed E-state index contributed by atoms with van der Waals surface area (Å²) in [6.07, 6.45) is 0. The average Bonchev–Trinajstić information content (AvgIpc) is 2.97. The predicted octanol–water partition coefficient (Wildman–Crippen LogP) is 0.957. The number of benzene rings is 1. The minimum atomic E-state index is -4.06. The molecule has 0 saturated heterocycles. The molecule has 0 saturated carbocycles. The second-order valence-corrected chi connectivity index (χ2v) is 7.62. The standard InChI is InChI=1S/C17H20FN3O6S/c1-10-16(12(3)27-20-10)28(24,25)21-11(2)17(23)26-9-15(22)19-8-13-6-4-5-7-14(13)18/h4-7,11,21H,8-9H2,1-3H3,(H,19,22)/t11-/m0/s1. The maximum atomic E-state index is 13.5. The van der Waals surface area contributed by atoms with Crippen LogP contribution >= 0.6 is 0 Å². The van der Waals surface area contributed by atoms with Crippen LogP contribution in [-0.4, -0.2) is 38.1 Å². The number of hydrogen-bond acceptors (Lipinski definition) is 7. The van der Waals surface area contributed by atoms with Crippen LogP contribution in [0.5, 0.6) is 0 Å². The molecule has 2 aromatic rings. The molecule has 152 valence electrons. The molecule has 0 aliphatic heterocycles. The smallest absolute Gasteiger partial charge is 0.324 e. The van der Waals surface area contributed by atoms with Crippen LogP contribution in [0, 0.1) is 19.7 Å². The van der Waals surface area contributed by atoms with Gasteiger partial charge in [-0.3, -0.25) is 9.59 Å². The maximum absolute atomic E-state index is 13.5. The van der Waals surface area contributed by atoms with Crippen molar-refractivity contribution < 1.29 is 31.7 Å². The first kappa shape index (κ1) is 21.5. The van der Waals surface area contributed by atoms with Crippen LogP contribution < -0.4 is 10.0 Å². The molecule has 2 N–H and O–H groups in total. The normalized spacial score (nSPS) is 12.4. The summed E-state index contributed by atoms with van der Waals surface area (Å²) >= 11 is 0. The van der Waals surface area contributed by atoms with Crippen molar-refractivity contribution in [1.29, 1.82) is 0 Å². The number of hydrogen-bond donors (Lipinski definition) is 2. The minimum absolute atomic E-state index is 0.0721. The number of halogens is 1. The number of sulfonamides is 1. The SMILES string of the molecule is Cc1noc(C)c1S(=O)(=O)N[C@@H](C)C(=O)OCC(=O)NCc1ccccc1F. The van der Waals surface area contributed by atoms with Crippen molar-refractivity contribution in [2.24, 2.45) is 0 Å². The monoisotopic (exact) mass is 413 g/mol. The van der Waals surface area contributed by atoms with Gasteiger partial charge in [-0.05, 0) is 26.8 Å². The van der Waals surface area contributed by atoms with Gasteiger partial charge in [0.25, 0.3) is 5.91 Å². The third-order valence-electron chi connectivity index (χ3n) is 3.70. The number of nitrogens with one attached hydrogen (secondary N) is 2. The molecule has 1 heterocycles. The Labute approximate surface area is 161 Å². The van der Waals surface area contributed by atoms with Crippen LogP contribution in [0.3, 0.4) is 0 Å². The van der Waals surface area contributed by atoms with Gasteiger partial charge in [0.15, 0.2) is 12.4 Å². The number of amides is 1. The second-order valence-electron chi connectivity index (χ2n) is 5.97. The molecule has 0 fully saturated rings. The lowest BCUT2D eigenvalue weighted by molar-refractivity contribution is -0.149. The summed E-state index contributed by atoms with van der Waals surface area (Å²) in [7, 11) is -4.06. The molecule has 28 heavy (non-hydrogen) atoms. The molecule has 1 aromatic heterocycles. The second kappa shape index (κ2) is 8.93. The fourth-order valence-electron chi connectivity index (χ4n) is 2.35. The molecular weight excluding hydrogens is 393 g/mol. The molecule has 1 amide bonds. The first-order valence-electron chi connectivity index (χ1n) is 8.23. The van der Waals surface area contributed by atoms with E-state index in [1.54, 1.807) is 6.07 Å². The average molecular weight is 413 g/mol. The van der Waals surface area contributed by atoms with Crippen LogP contribution in [0.25, 0.3) is 0 Å². The van der Waals surface area contributed by atoms with Gasteiger partial charge in [0.2, 0.25) is 10.0 Å². The summed E-state index contributed by atoms with van der Waals surface area (Å²) in [5.41, 5.74) is 0.431.